The number of tetrazole rings is 1. The molecule has 5 nitrogen and oxygen atoms in total. The van der Waals surface area contributed by atoms with E-state index in [1.165, 1.54) is 4.80 Å². The van der Waals surface area contributed by atoms with Crippen molar-refractivity contribution in [2.75, 3.05) is 6.54 Å². The van der Waals surface area contributed by atoms with Crippen LogP contribution in [0.1, 0.15) is 5.56 Å². The van der Waals surface area contributed by atoms with Crippen LogP contribution in [-0.4, -0.2) is 26.8 Å². The zero-order chi connectivity index (χ0) is 14.7. The van der Waals surface area contributed by atoms with Crippen LogP contribution < -0.4 is 5.73 Å². The predicted octanol–water partition coefficient (Wildman–Crippen LogP) is 2.48. The van der Waals surface area contributed by atoms with E-state index in [1.807, 2.05) is 48.5 Å². The van der Waals surface area contributed by atoms with Gasteiger partial charge in [-0.05, 0) is 35.9 Å². The Morgan fingerprint density at radius 3 is 2.62 bits per heavy atom. The van der Waals surface area contributed by atoms with Gasteiger partial charge in [0.25, 0.3) is 0 Å². The maximum absolute atomic E-state index is 6.24. The molecule has 106 valence electrons. The van der Waals surface area contributed by atoms with Crippen molar-refractivity contribution >= 4 is 11.6 Å². The van der Waals surface area contributed by atoms with Crippen LogP contribution in [0.25, 0.3) is 17.1 Å². The van der Waals surface area contributed by atoms with Crippen molar-refractivity contribution in [1.82, 2.24) is 20.2 Å². The van der Waals surface area contributed by atoms with Crippen molar-refractivity contribution in [2.45, 2.75) is 6.42 Å². The summed E-state index contributed by atoms with van der Waals surface area (Å²) in [6, 6.07) is 15.4. The lowest BCUT2D eigenvalue weighted by Crippen LogP contribution is -2.04. The van der Waals surface area contributed by atoms with Crippen molar-refractivity contribution in [2.24, 2.45) is 5.73 Å². The Morgan fingerprint density at radius 2 is 1.90 bits per heavy atom. The van der Waals surface area contributed by atoms with Crippen LogP contribution in [0, 0.1) is 0 Å². The molecule has 21 heavy (non-hydrogen) atoms. The van der Waals surface area contributed by atoms with E-state index in [1.54, 1.807) is 0 Å². The summed E-state index contributed by atoms with van der Waals surface area (Å²) in [6.07, 6.45) is 0.749. The summed E-state index contributed by atoms with van der Waals surface area (Å²) in [5.74, 6) is 0.581. The number of rotatable bonds is 4. The van der Waals surface area contributed by atoms with E-state index in [2.05, 4.69) is 15.4 Å². The van der Waals surface area contributed by atoms with Crippen LogP contribution in [0.3, 0.4) is 0 Å². The standard InChI is InChI=1S/C15H14ClN5/c16-14-10-13(7-6-11(14)8-9-17)21-19-15(18-20-21)12-4-2-1-3-5-12/h1-7,10H,8-9,17H2. The predicted molar refractivity (Wildman–Crippen MR) is 82.4 cm³/mol. The van der Waals surface area contributed by atoms with Crippen LogP contribution in [-0.2, 0) is 6.42 Å². The summed E-state index contributed by atoms with van der Waals surface area (Å²) in [5.41, 5.74) is 8.27. The molecule has 1 aromatic heterocycles. The summed E-state index contributed by atoms with van der Waals surface area (Å²) in [7, 11) is 0. The van der Waals surface area contributed by atoms with Gasteiger partial charge in [-0.25, -0.2) is 0 Å². The molecule has 0 saturated heterocycles. The highest BCUT2D eigenvalue weighted by Gasteiger charge is 2.08. The molecule has 0 saturated carbocycles. The number of hydrogen-bond acceptors (Lipinski definition) is 4. The molecule has 0 radical (unpaired) electrons. The van der Waals surface area contributed by atoms with Crippen LogP contribution >= 0.6 is 11.6 Å². The lowest BCUT2D eigenvalue weighted by Gasteiger charge is -2.04. The number of aromatic nitrogens is 4. The van der Waals surface area contributed by atoms with Gasteiger partial charge in [-0.1, -0.05) is 48.0 Å². The largest absolute Gasteiger partial charge is 0.330 e. The van der Waals surface area contributed by atoms with E-state index in [0.29, 0.717) is 17.4 Å². The van der Waals surface area contributed by atoms with Gasteiger partial charge in [-0.3, -0.25) is 0 Å². The highest BCUT2D eigenvalue weighted by atomic mass is 35.5. The van der Waals surface area contributed by atoms with Crippen molar-refractivity contribution in [1.29, 1.82) is 0 Å². The number of nitrogens with zero attached hydrogens (tertiary/aromatic N) is 4. The Bertz CT molecular complexity index is 739. The van der Waals surface area contributed by atoms with Crippen molar-refractivity contribution in [3.05, 3.63) is 59.1 Å². The molecule has 6 heteroatoms. The molecule has 0 atom stereocenters. The Balaban J connectivity index is 1.91. The molecule has 0 aliphatic rings. The topological polar surface area (TPSA) is 69.6 Å². The fraction of sp³-hybridized carbons (Fsp3) is 0.133. The van der Waals surface area contributed by atoms with Crippen molar-refractivity contribution < 1.29 is 0 Å². The number of nitrogens with two attached hydrogens (primary N) is 1. The van der Waals surface area contributed by atoms with Gasteiger partial charge in [0.1, 0.15) is 0 Å². The first-order valence-electron chi connectivity index (χ1n) is 6.62. The van der Waals surface area contributed by atoms with Gasteiger partial charge in [-0.15, -0.1) is 15.0 Å². The highest BCUT2D eigenvalue weighted by molar-refractivity contribution is 6.31. The molecule has 0 unspecified atom stereocenters. The number of benzene rings is 2. The Labute approximate surface area is 127 Å². The molecule has 0 fully saturated rings. The molecule has 0 aliphatic carbocycles. The summed E-state index contributed by atoms with van der Waals surface area (Å²) in [5, 5.41) is 13.2. The average Bonchev–Trinajstić information content (AvgIpc) is 3.00. The van der Waals surface area contributed by atoms with Crippen LogP contribution in [0.4, 0.5) is 0 Å². The molecule has 2 N–H and O–H groups in total. The van der Waals surface area contributed by atoms with E-state index in [-0.39, 0.29) is 0 Å². The van der Waals surface area contributed by atoms with E-state index in [4.69, 9.17) is 17.3 Å². The summed E-state index contributed by atoms with van der Waals surface area (Å²) in [6.45, 7) is 0.568. The minimum atomic E-state index is 0.568. The number of halogens is 1. The van der Waals surface area contributed by atoms with Gasteiger partial charge in [-0.2, -0.15) is 0 Å². The first-order chi connectivity index (χ1) is 10.3. The molecule has 3 rings (SSSR count). The molecule has 0 amide bonds. The van der Waals surface area contributed by atoms with Gasteiger partial charge in [0, 0.05) is 10.6 Å². The first kappa shape index (κ1) is 13.7. The Morgan fingerprint density at radius 1 is 1.10 bits per heavy atom. The average molecular weight is 300 g/mol. The second-order valence-corrected chi connectivity index (χ2v) is 4.99. The third kappa shape index (κ3) is 2.94. The molecule has 1 heterocycles. The molecule has 0 bridgehead atoms. The molecule has 0 aliphatic heterocycles. The van der Waals surface area contributed by atoms with Gasteiger partial charge < -0.3 is 5.73 Å². The minimum absolute atomic E-state index is 0.568. The maximum atomic E-state index is 6.24. The zero-order valence-electron chi connectivity index (χ0n) is 11.3. The SMILES string of the molecule is NCCc1ccc(-n2nnc(-c3ccccc3)n2)cc1Cl. The lowest BCUT2D eigenvalue weighted by atomic mass is 10.1. The maximum Gasteiger partial charge on any atom is 0.205 e. The lowest BCUT2D eigenvalue weighted by molar-refractivity contribution is 0.719. The van der Waals surface area contributed by atoms with E-state index >= 15 is 0 Å². The van der Waals surface area contributed by atoms with Crippen LogP contribution in [0.15, 0.2) is 48.5 Å². The molecular formula is C15H14ClN5. The summed E-state index contributed by atoms with van der Waals surface area (Å²) >= 11 is 6.24. The quantitative estimate of drug-likeness (QED) is 0.803. The zero-order valence-corrected chi connectivity index (χ0v) is 12.0. The molecule has 2 aromatic carbocycles. The normalized spacial score (nSPS) is 10.8. The van der Waals surface area contributed by atoms with Gasteiger partial charge in [0.2, 0.25) is 5.82 Å². The summed E-state index contributed by atoms with van der Waals surface area (Å²) in [4.78, 5) is 1.47. The van der Waals surface area contributed by atoms with Crippen LogP contribution in [0.5, 0.6) is 0 Å². The highest BCUT2D eigenvalue weighted by Crippen LogP contribution is 2.20. The van der Waals surface area contributed by atoms with E-state index < -0.39 is 0 Å². The van der Waals surface area contributed by atoms with E-state index in [9.17, 15) is 0 Å². The van der Waals surface area contributed by atoms with Gasteiger partial charge in [0.05, 0.1) is 5.69 Å². The van der Waals surface area contributed by atoms with E-state index in [0.717, 1.165) is 23.2 Å². The number of hydrogen-bond donors (Lipinski definition) is 1. The van der Waals surface area contributed by atoms with Gasteiger partial charge >= 0.3 is 0 Å². The first-order valence-corrected chi connectivity index (χ1v) is 7.00. The Kier molecular flexibility index (Phi) is 3.94. The smallest absolute Gasteiger partial charge is 0.205 e. The van der Waals surface area contributed by atoms with Crippen LogP contribution in [0.2, 0.25) is 5.02 Å². The fourth-order valence-corrected chi connectivity index (χ4v) is 2.31. The molecule has 0 spiro atoms. The second-order valence-electron chi connectivity index (χ2n) is 4.58. The van der Waals surface area contributed by atoms with Crippen molar-refractivity contribution in [3.8, 4) is 17.1 Å². The van der Waals surface area contributed by atoms with Crippen molar-refractivity contribution in [3.63, 3.8) is 0 Å². The molecule has 3 aromatic rings. The van der Waals surface area contributed by atoms with Gasteiger partial charge in [0.15, 0.2) is 0 Å². The Hall–Kier alpha value is -2.24. The second kappa shape index (κ2) is 6.03. The third-order valence-electron chi connectivity index (χ3n) is 3.13. The minimum Gasteiger partial charge on any atom is -0.330 e. The third-order valence-corrected chi connectivity index (χ3v) is 3.48. The fourth-order valence-electron chi connectivity index (χ4n) is 2.05. The summed E-state index contributed by atoms with van der Waals surface area (Å²) < 4.78 is 0. The monoisotopic (exact) mass is 299 g/mol. The molecular weight excluding hydrogens is 286 g/mol.